The molecule has 2 fully saturated rings. The zero-order valence-electron chi connectivity index (χ0n) is 13.2. The van der Waals surface area contributed by atoms with Gasteiger partial charge in [-0.05, 0) is 24.6 Å². The number of nitrogens with zero attached hydrogens (tertiary/aromatic N) is 1. The number of benzene rings is 1. The summed E-state index contributed by atoms with van der Waals surface area (Å²) in [5.41, 5.74) is 9.23. The molecule has 3 rings (SSSR count). The Morgan fingerprint density at radius 3 is 2.59 bits per heavy atom. The lowest BCUT2D eigenvalue weighted by Gasteiger charge is -2.28. The van der Waals surface area contributed by atoms with Crippen LogP contribution in [-0.4, -0.2) is 43.7 Å². The number of hydrogen-bond acceptors (Lipinski definition) is 5. The smallest absolute Gasteiger partial charge is 0.0366 e. The number of anilines is 1. The second-order valence-electron chi connectivity index (χ2n) is 5.97. The summed E-state index contributed by atoms with van der Waals surface area (Å²) < 4.78 is 0. The molecule has 2 atom stereocenters. The van der Waals surface area contributed by atoms with Gasteiger partial charge in [0, 0.05) is 61.9 Å². The highest BCUT2D eigenvalue weighted by atomic mass is 35.5. The number of thioether (sulfide) groups is 1. The summed E-state index contributed by atoms with van der Waals surface area (Å²) in [5.74, 6) is 3.19. The van der Waals surface area contributed by atoms with E-state index in [2.05, 4.69) is 64.0 Å². The van der Waals surface area contributed by atoms with E-state index >= 15 is 0 Å². The average molecular weight is 343 g/mol. The second kappa shape index (κ2) is 8.99. The zero-order chi connectivity index (χ0) is 14.5. The molecule has 2 saturated heterocycles. The van der Waals surface area contributed by atoms with Crippen LogP contribution in [0, 0.1) is 5.92 Å². The molecule has 0 spiro atoms. The molecule has 124 valence electrons. The highest BCUT2D eigenvalue weighted by molar-refractivity contribution is 7.99. The molecule has 0 amide bonds. The van der Waals surface area contributed by atoms with E-state index in [1.54, 1.807) is 0 Å². The molecule has 0 saturated carbocycles. The van der Waals surface area contributed by atoms with Crippen LogP contribution in [0.3, 0.4) is 0 Å². The van der Waals surface area contributed by atoms with Crippen LogP contribution in [0.5, 0.6) is 0 Å². The van der Waals surface area contributed by atoms with Gasteiger partial charge in [0.1, 0.15) is 0 Å². The van der Waals surface area contributed by atoms with E-state index in [9.17, 15) is 0 Å². The molecule has 0 bridgehead atoms. The van der Waals surface area contributed by atoms with Crippen molar-refractivity contribution in [3.05, 3.63) is 29.8 Å². The van der Waals surface area contributed by atoms with Crippen LogP contribution in [-0.2, 0) is 6.54 Å². The van der Waals surface area contributed by atoms with Crippen LogP contribution in [0.4, 0.5) is 5.69 Å². The fourth-order valence-electron chi connectivity index (χ4n) is 2.94. The molecule has 0 aliphatic carbocycles. The Hall–Kier alpha value is -0.460. The molecule has 0 aromatic heterocycles. The van der Waals surface area contributed by atoms with Crippen LogP contribution >= 0.6 is 24.2 Å². The maximum atomic E-state index is 3.58. The van der Waals surface area contributed by atoms with Gasteiger partial charge in [-0.25, -0.2) is 0 Å². The minimum Gasteiger partial charge on any atom is -0.370 e. The average Bonchev–Trinajstić information content (AvgIpc) is 2.94. The van der Waals surface area contributed by atoms with Gasteiger partial charge < -0.3 is 10.2 Å². The topological polar surface area (TPSA) is 39.3 Å². The van der Waals surface area contributed by atoms with Gasteiger partial charge in [0.05, 0.1) is 0 Å². The van der Waals surface area contributed by atoms with E-state index in [4.69, 9.17) is 0 Å². The molecule has 2 aliphatic rings. The van der Waals surface area contributed by atoms with E-state index in [1.165, 1.54) is 35.8 Å². The van der Waals surface area contributed by atoms with Crippen LogP contribution in [0.25, 0.3) is 0 Å². The van der Waals surface area contributed by atoms with Crippen molar-refractivity contribution in [2.24, 2.45) is 5.92 Å². The van der Waals surface area contributed by atoms with Gasteiger partial charge in [-0.3, -0.25) is 10.9 Å². The van der Waals surface area contributed by atoms with E-state index in [-0.39, 0.29) is 12.4 Å². The van der Waals surface area contributed by atoms with E-state index in [0.717, 1.165) is 19.6 Å². The highest BCUT2D eigenvalue weighted by Gasteiger charge is 2.21. The van der Waals surface area contributed by atoms with Crippen LogP contribution in [0.1, 0.15) is 12.5 Å². The quantitative estimate of drug-likeness (QED) is 0.762. The maximum absolute atomic E-state index is 3.58. The van der Waals surface area contributed by atoms with E-state index in [1.807, 2.05) is 0 Å². The van der Waals surface area contributed by atoms with Gasteiger partial charge in [0.25, 0.3) is 0 Å². The summed E-state index contributed by atoms with van der Waals surface area (Å²) in [6.45, 7) is 7.67. The predicted octanol–water partition coefficient (Wildman–Crippen LogP) is 1.86. The third-order valence-corrected chi connectivity index (χ3v) is 5.39. The molecule has 2 unspecified atom stereocenters. The largest absolute Gasteiger partial charge is 0.370 e. The number of rotatable bonds is 5. The molecule has 6 heteroatoms. The Balaban J connectivity index is 0.00000176. The fourth-order valence-corrected chi connectivity index (χ4v) is 3.85. The van der Waals surface area contributed by atoms with Crippen LogP contribution in [0.2, 0.25) is 0 Å². The van der Waals surface area contributed by atoms with Crippen LogP contribution < -0.4 is 21.1 Å². The summed E-state index contributed by atoms with van der Waals surface area (Å²) in [7, 11) is 0. The van der Waals surface area contributed by atoms with Crippen LogP contribution in [0.15, 0.2) is 24.3 Å². The van der Waals surface area contributed by atoms with Crippen molar-refractivity contribution in [1.29, 1.82) is 0 Å². The molecule has 0 radical (unpaired) electrons. The first-order chi connectivity index (χ1) is 10.3. The maximum Gasteiger partial charge on any atom is 0.0366 e. The number of nitrogens with one attached hydrogen (secondary N) is 3. The zero-order valence-corrected chi connectivity index (χ0v) is 14.8. The Bertz CT molecular complexity index is 436. The summed E-state index contributed by atoms with van der Waals surface area (Å²) in [6.07, 6.45) is 0. The molecule has 2 heterocycles. The number of hydrazine groups is 1. The van der Waals surface area contributed by atoms with Crippen molar-refractivity contribution in [2.45, 2.75) is 19.5 Å². The summed E-state index contributed by atoms with van der Waals surface area (Å²) >= 11 is 2.06. The molecule has 1 aromatic carbocycles. The fraction of sp³-hybridized carbons (Fsp3) is 0.625. The standard InChI is InChI=1S/C16H26N4S.ClH/c1-13-15(12-18-19-13)11-17-10-14-2-4-16(5-3-14)20-6-8-21-9-7-20;/h2-5,13,15,17-19H,6-12H2,1H3;1H. The summed E-state index contributed by atoms with van der Waals surface area (Å²) in [5, 5.41) is 3.58. The van der Waals surface area contributed by atoms with Crippen molar-refractivity contribution in [3.8, 4) is 0 Å². The van der Waals surface area contributed by atoms with Gasteiger partial charge in [0.15, 0.2) is 0 Å². The molecule has 3 N–H and O–H groups in total. The first kappa shape index (κ1) is 17.9. The van der Waals surface area contributed by atoms with E-state index in [0.29, 0.717) is 12.0 Å². The lowest BCUT2D eigenvalue weighted by atomic mass is 10.0. The Labute approximate surface area is 144 Å². The Kier molecular flexibility index (Phi) is 7.31. The second-order valence-corrected chi connectivity index (χ2v) is 7.20. The van der Waals surface area contributed by atoms with Crippen molar-refractivity contribution in [2.75, 3.05) is 42.6 Å². The van der Waals surface area contributed by atoms with Gasteiger partial charge in [0.2, 0.25) is 0 Å². The lowest BCUT2D eigenvalue weighted by molar-refractivity contribution is 0.454. The Morgan fingerprint density at radius 1 is 1.23 bits per heavy atom. The normalized spacial score (nSPS) is 25.0. The SMILES string of the molecule is CC1NNCC1CNCc1ccc(N2CCSCC2)cc1.Cl. The van der Waals surface area contributed by atoms with Gasteiger partial charge in [-0.1, -0.05) is 12.1 Å². The third kappa shape index (κ3) is 4.77. The van der Waals surface area contributed by atoms with Crippen molar-refractivity contribution in [3.63, 3.8) is 0 Å². The predicted molar refractivity (Wildman–Crippen MR) is 99.0 cm³/mol. The molecule has 22 heavy (non-hydrogen) atoms. The monoisotopic (exact) mass is 342 g/mol. The highest BCUT2D eigenvalue weighted by Crippen LogP contribution is 2.19. The van der Waals surface area contributed by atoms with Gasteiger partial charge >= 0.3 is 0 Å². The molecular weight excluding hydrogens is 316 g/mol. The Morgan fingerprint density at radius 2 is 1.95 bits per heavy atom. The summed E-state index contributed by atoms with van der Waals surface area (Å²) in [4.78, 5) is 2.49. The van der Waals surface area contributed by atoms with Crippen molar-refractivity contribution < 1.29 is 0 Å². The first-order valence-electron chi connectivity index (χ1n) is 7.93. The molecule has 2 aliphatic heterocycles. The minimum atomic E-state index is 0. The summed E-state index contributed by atoms with van der Waals surface area (Å²) in [6, 6.07) is 9.62. The molecular formula is C16H27ClN4S. The van der Waals surface area contributed by atoms with Gasteiger partial charge in [-0.2, -0.15) is 11.8 Å². The third-order valence-electron chi connectivity index (χ3n) is 4.45. The lowest BCUT2D eigenvalue weighted by Crippen LogP contribution is -2.32. The molecule has 1 aromatic rings. The van der Waals surface area contributed by atoms with E-state index < -0.39 is 0 Å². The first-order valence-corrected chi connectivity index (χ1v) is 9.09. The van der Waals surface area contributed by atoms with Gasteiger partial charge in [-0.15, -0.1) is 12.4 Å². The minimum absolute atomic E-state index is 0. The van der Waals surface area contributed by atoms with Crippen molar-refractivity contribution >= 4 is 29.9 Å². The number of halogens is 1. The molecule has 4 nitrogen and oxygen atoms in total. The van der Waals surface area contributed by atoms with Crippen molar-refractivity contribution in [1.82, 2.24) is 16.2 Å². The number of hydrogen-bond donors (Lipinski definition) is 3.